The second-order valence-electron chi connectivity index (χ2n) is 3.61. The molecule has 17 heavy (non-hydrogen) atoms. The first-order valence-electron chi connectivity index (χ1n) is 5.05. The summed E-state index contributed by atoms with van der Waals surface area (Å²) >= 11 is 0. The fourth-order valence-corrected chi connectivity index (χ4v) is 1.53. The third-order valence-electron chi connectivity index (χ3n) is 2.44. The van der Waals surface area contributed by atoms with Crippen LogP contribution in [0.25, 0.3) is 11.3 Å². The average molecular weight is 233 g/mol. The largest absolute Gasteiger partial charge is 0.478 e. The minimum atomic E-state index is -0.316. The van der Waals surface area contributed by atoms with Gasteiger partial charge >= 0.3 is 0 Å². The lowest BCUT2D eigenvalue weighted by Crippen LogP contribution is -2.00. The van der Waals surface area contributed by atoms with Gasteiger partial charge in [-0.05, 0) is 24.6 Å². The highest BCUT2D eigenvalue weighted by molar-refractivity contribution is 5.64. The van der Waals surface area contributed by atoms with Crippen LogP contribution in [-0.4, -0.2) is 17.1 Å². The summed E-state index contributed by atoms with van der Waals surface area (Å²) in [6.07, 6.45) is 1.50. The Hall–Kier alpha value is -2.17. The number of ether oxygens (including phenoxy) is 1. The number of benzene rings is 1. The van der Waals surface area contributed by atoms with E-state index in [0.717, 1.165) is 5.56 Å². The molecule has 0 fully saturated rings. The van der Waals surface area contributed by atoms with E-state index in [0.29, 0.717) is 11.3 Å². The molecule has 2 aromatic rings. The minimum Gasteiger partial charge on any atom is -0.478 e. The maximum absolute atomic E-state index is 13.2. The molecule has 0 amide bonds. The molecular weight excluding hydrogens is 221 g/mol. The van der Waals surface area contributed by atoms with Gasteiger partial charge in [0.2, 0.25) is 0 Å². The SMILES string of the molecule is COc1nc(-c2cc(F)ccc2C)cnc1N. The fourth-order valence-electron chi connectivity index (χ4n) is 1.53. The standard InChI is InChI=1S/C12H12FN3O/c1-7-3-4-8(13)5-9(7)10-6-15-11(14)12(16-10)17-2/h3-6H,1-2H3,(H2,14,15). The molecule has 0 radical (unpaired) electrons. The highest BCUT2D eigenvalue weighted by atomic mass is 19.1. The molecule has 1 aromatic carbocycles. The Balaban J connectivity index is 2.56. The molecule has 0 aliphatic rings. The summed E-state index contributed by atoms with van der Waals surface area (Å²) in [6, 6.07) is 4.50. The van der Waals surface area contributed by atoms with Crippen molar-refractivity contribution in [3.63, 3.8) is 0 Å². The monoisotopic (exact) mass is 233 g/mol. The van der Waals surface area contributed by atoms with Gasteiger partial charge in [0.15, 0.2) is 5.82 Å². The molecule has 0 saturated carbocycles. The van der Waals surface area contributed by atoms with Crippen LogP contribution in [0.3, 0.4) is 0 Å². The molecule has 1 aromatic heterocycles. The van der Waals surface area contributed by atoms with Crippen molar-refractivity contribution in [2.45, 2.75) is 6.92 Å². The van der Waals surface area contributed by atoms with Crippen molar-refractivity contribution >= 4 is 5.82 Å². The maximum Gasteiger partial charge on any atom is 0.257 e. The lowest BCUT2D eigenvalue weighted by atomic mass is 10.1. The van der Waals surface area contributed by atoms with Crippen LogP contribution in [0.4, 0.5) is 10.2 Å². The molecule has 0 spiro atoms. The number of rotatable bonds is 2. The van der Waals surface area contributed by atoms with Gasteiger partial charge in [-0.2, -0.15) is 0 Å². The smallest absolute Gasteiger partial charge is 0.257 e. The Labute approximate surface area is 98.3 Å². The summed E-state index contributed by atoms with van der Waals surface area (Å²) in [4.78, 5) is 8.15. The molecule has 0 unspecified atom stereocenters. The predicted molar refractivity (Wildman–Crippen MR) is 63.1 cm³/mol. The van der Waals surface area contributed by atoms with Crippen LogP contribution in [0.1, 0.15) is 5.56 Å². The number of methoxy groups -OCH3 is 1. The van der Waals surface area contributed by atoms with Crippen LogP contribution in [-0.2, 0) is 0 Å². The van der Waals surface area contributed by atoms with Crippen LogP contribution in [0.2, 0.25) is 0 Å². The zero-order chi connectivity index (χ0) is 12.4. The first-order valence-corrected chi connectivity index (χ1v) is 5.05. The second kappa shape index (κ2) is 4.37. The zero-order valence-corrected chi connectivity index (χ0v) is 9.57. The van der Waals surface area contributed by atoms with Crippen molar-refractivity contribution < 1.29 is 9.13 Å². The number of nitrogens with two attached hydrogens (primary N) is 1. The van der Waals surface area contributed by atoms with E-state index >= 15 is 0 Å². The summed E-state index contributed by atoms with van der Waals surface area (Å²) in [6.45, 7) is 1.87. The van der Waals surface area contributed by atoms with Gasteiger partial charge in [0, 0.05) is 5.56 Å². The van der Waals surface area contributed by atoms with Gasteiger partial charge in [0.1, 0.15) is 5.82 Å². The topological polar surface area (TPSA) is 61.0 Å². The molecule has 5 heteroatoms. The zero-order valence-electron chi connectivity index (χ0n) is 9.57. The first kappa shape index (κ1) is 11.3. The van der Waals surface area contributed by atoms with Gasteiger partial charge < -0.3 is 10.5 Å². The Morgan fingerprint density at radius 1 is 1.35 bits per heavy atom. The van der Waals surface area contributed by atoms with Crippen molar-refractivity contribution in [2.75, 3.05) is 12.8 Å². The quantitative estimate of drug-likeness (QED) is 0.863. The normalized spacial score (nSPS) is 10.3. The third kappa shape index (κ3) is 2.18. The molecule has 2 N–H and O–H groups in total. The van der Waals surface area contributed by atoms with Crippen molar-refractivity contribution in [1.82, 2.24) is 9.97 Å². The third-order valence-corrected chi connectivity index (χ3v) is 2.44. The Kier molecular flexibility index (Phi) is 2.91. The van der Waals surface area contributed by atoms with Gasteiger partial charge in [-0.3, -0.25) is 0 Å². The van der Waals surface area contributed by atoms with Gasteiger partial charge in [-0.1, -0.05) is 6.07 Å². The fraction of sp³-hybridized carbons (Fsp3) is 0.167. The molecule has 0 bridgehead atoms. The average Bonchev–Trinajstić information content (AvgIpc) is 2.33. The van der Waals surface area contributed by atoms with E-state index in [2.05, 4.69) is 9.97 Å². The summed E-state index contributed by atoms with van der Waals surface area (Å²) in [5.74, 6) is 0.139. The van der Waals surface area contributed by atoms with E-state index in [9.17, 15) is 4.39 Å². The molecule has 0 aliphatic carbocycles. The van der Waals surface area contributed by atoms with Crippen molar-refractivity contribution in [3.8, 4) is 17.1 Å². The Morgan fingerprint density at radius 2 is 2.12 bits per heavy atom. The molecule has 1 heterocycles. The predicted octanol–water partition coefficient (Wildman–Crippen LogP) is 2.18. The molecule has 88 valence electrons. The van der Waals surface area contributed by atoms with Gasteiger partial charge in [0.25, 0.3) is 5.88 Å². The van der Waals surface area contributed by atoms with Crippen molar-refractivity contribution in [3.05, 3.63) is 35.8 Å². The highest BCUT2D eigenvalue weighted by Crippen LogP contribution is 2.25. The van der Waals surface area contributed by atoms with Gasteiger partial charge in [-0.15, -0.1) is 0 Å². The number of halogens is 1. The summed E-state index contributed by atoms with van der Waals surface area (Å²) < 4.78 is 18.2. The number of anilines is 1. The second-order valence-corrected chi connectivity index (χ2v) is 3.61. The molecule has 4 nitrogen and oxygen atoms in total. The van der Waals surface area contributed by atoms with E-state index < -0.39 is 0 Å². The number of aromatic nitrogens is 2. The number of nitrogen functional groups attached to an aromatic ring is 1. The van der Waals surface area contributed by atoms with Crippen LogP contribution in [0.5, 0.6) is 5.88 Å². The number of hydrogen-bond donors (Lipinski definition) is 1. The van der Waals surface area contributed by atoms with Crippen LogP contribution >= 0.6 is 0 Å². The van der Waals surface area contributed by atoms with E-state index in [1.54, 1.807) is 6.07 Å². The first-order chi connectivity index (χ1) is 8.11. The number of aryl methyl sites for hydroxylation is 1. The summed E-state index contributed by atoms with van der Waals surface area (Å²) in [7, 11) is 1.46. The van der Waals surface area contributed by atoms with Crippen LogP contribution in [0.15, 0.2) is 24.4 Å². The van der Waals surface area contributed by atoms with Crippen LogP contribution < -0.4 is 10.5 Å². The molecule has 0 atom stereocenters. The Bertz CT molecular complexity index is 557. The van der Waals surface area contributed by atoms with E-state index in [4.69, 9.17) is 10.5 Å². The van der Waals surface area contributed by atoms with E-state index in [-0.39, 0.29) is 17.5 Å². The van der Waals surface area contributed by atoms with Crippen LogP contribution in [0, 0.1) is 12.7 Å². The Morgan fingerprint density at radius 3 is 2.82 bits per heavy atom. The summed E-state index contributed by atoms with van der Waals surface area (Å²) in [5.41, 5.74) is 7.69. The van der Waals surface area contributed by atoms with Gasteiger partial charge in [0.05, 0.1) is 19.0 Å². The lowest BCUT2D eigenvalue weighted by molar-refractivity contribution is 0.399. The molecular formula is C12H12FN3O. The van der Waals surface area contributed by atoms with E-state index in [1.807, 2.05) is 6.92 Å². The number of hydrogen-bond acceptors (Lipinski definition) is 4. The van der Waals surface area contributed by atoms with E-state index in [1.165, 1.54) is 25.4 Å². The molecule has 2 rings (SSSR count). The minimum absolute atomic E-state index is 0.213. The highest BCUT2D eigenvalue weighted by Gasteiger charge is 2.09. The molecule has 0 aliphatic heterocycles. The number of nitrogens with zero attached hydrogens (tertiary/aromatic N) is 2. The van der Waals surface area contributed by atoms with Crippen molar-refractivity contribution in [1.29, 1.82) is 0 Å². The lowest BCUT2D eigenvalue weighted by Gasteiger charge is -2.08. The maximum atomic E-state index is 13.2. The van der Waals surface area contributed by atoms with Crippen molar-refractivity contribution in [2.24, 2.45) is 0 Å². The van der Waals surface area contributed by atoms with Gasteiger partial charge in [-0.25, -0.2) is 14.4 Å². The summed E-state index contributed by atoms with van der Waals surface area (Å²) in [5, 5.41) is 0. The molecule has 0 saturated heterocycles.